The highest BCUT2D eigenvalue weighted by atomic mass is 16.2. The number of carbonyl (C=O) groups is 1. The molecule has 2 N–H and O–H groups in total. The second kappa shape index (κ2) is 7.17. The van der Waals surface area contributed by atoms with E-state index in [0.29, 0.717) is 0 Å². The van der Waals surface area contributed by atoms with Crippen LogP contribution in [0.3, 0.4) is 0 Å². The predicted molar refractivity (Wildman–Crippen MR) is 81.5 cm³/mol. The van der Waals surface area contributed by atoms with Crippen LogP contribution in [0.2, 0.25) is 0 Å². The molecule has 0 saturated heterocycles. The molecule has 3 nitrogen and oxygen atoms in total. The number of benzene rings is 1. The molecule has 0 bridgehead atoms. The quantitative estimate of drug-likeness (QED) is 0.825. The van der Waals surface area contributed by atoms with Gasteiger partial charge in [-0.1, -0.05) is 25.5 Å². The van der Waals surface area contributed by atoms with E-state index in [1.165, 1.54) is 11.1 Å². The van der Waals surface area contributed by atoms with E-state index in [1.54, 1.807) is 0 Å². The molecular formula is C16H26N2O. The van der Waals surface area contributed by atoms with Crippen molar-refractivity contribution in [1.29, 1.82) is 0 Å². The smallest absolute Gasteiger partial charge is 0.242 e. The van der Waals surface area contributed by atoms with Gasteiger partial charge in [-0.05, 0) is 51.3 Å². The van der Waals surface area contributed by atoms with Crippen molar-refractivity contribution in [2.75, 3.05) is 5.32 Å². The normalized spacial score (nSPS) is 13.7. The van der Waals surface area contributed by atoms with Crippen molar-refractivity contribution in [2.24, 2.45) is 0 Å². The molecule has 19 heavy (non-hydrogen) atoms. The minimum absolute atomic E-state index is 0.0573. The van der Waals surface area contributed by atoms with E-state index in [4.69, 9.17) is 0 Å². The molecule has 2 unspecified atom stereocenters. The zero-order valence-electron chi connectivity index (χ0n) is 12.7. The molecule has 0 aliphatic heterocycles. The van der Waals surface area contributed by atoms with Gasteiger partial charge in [0.05, 0.1) is 0 Å². The number of nitrogens with one attached hydrogen (secondary N) is 2. The molecule has 0 spiro atoms. The molecular weight excluding hydrogens is 236 g/mol. The largest absolute Gasteiger partial charge is 0.374 e. The van der Waals surface area contributed by atoms with Crippen LogP contribution in [0.5, 0.6) is 0 Å². The van der Waals surface area contributed by atoms with Crippen LogP contribution in [0.15, 0.2) is 18.2 Å². The van der Waals surface area contributed by atoms with Gasteiger partial charge in [0.15, 0.2) is 0 Å². The fraction of sp³-hybridized carbons (Fsp3) is 0.562. The molecule has 0 heterocycles. The Morgan fingerprint density at radius 3 is 2.58 bits per heavy atom. The van der Waals surface area contributed by atoms with E-state index in [-0.39, 0.29) is 18.0 Å². The summed E-state index contributed by atoms with van der Waals surface area (Å²) in [6.45, 7) is 10.2. The summed E-state index contributed by atoms with van der Waals surface area (Å²) in [5, 5.41) is 6.32. The van der Waals surface area contributed by atoms with E-state index in [9.17, 15) is 4.79 Å². The number of aryl methyl sites for hydroxylation is 1. The van der Waals surface area contributed by atoms with E-state index in [0.717, 1.165) is 18.5 Å². The van der Waals surface area contributed by atoms with E-state index < -0.39 is 0 Å². The Morgan fingerprint density at radius 1 is 1.26 bits per heavy atom. The molecule has 1 rings (SSSR count). The lowest BCUT2D eigenvalue weighted by atomic mass is 10.1. The lowest BCUT2D eigenvalue weighted by molar-refractivity contribution is -0.122. The number of hydrogen-bond acceptors (Lipinski definition) is 2. The molecule has 0 aliphatic rings. The van der Waals surface area contributed by atoms with E-state index in [2.05, 4.69) is 37.5 Å². The molecule has 0 aromatic heterocycles. The summed E-state index contributed by atoms with van der Waals surface area (Å²) in [6, 6.07) is 6.12. The number of rotatable bonds is 6. The molecule has 2 atom stereocenters. The third-order valence-corrected chi connectivity index (χ3v) is 3.48. The molecule has 106 valence electrons. The van der Waals surface area contributed by atoms with Gasteiger partial charge in [-0.3, -0.25) is 4.79 Å². The van der Waals surface area contributed by atoms with Crippen LogP contribution in [-0.4, -0.2) is 18.0 Å². The minimum Gasteiger partial charge on any atom is -0.374 e. The maximum atomic E-state index is 12.1. The lowest BCUT2D eigenvalue weighted by Crippen LogP contribution is -2.42. The van der Waals surface area contributed by atoms with Gasteiger partial charge < -0.3 is 10.6 Å². The van der Waals surface area contributed by atoms with Crippen LogP contribution < -0.4 is 10.6 Å². The van der Waals surface area contributed by atoms with Crippen molar-refractivity contribution >= 4 is 11.6 Å². The molecule has 0 radical (unpaired) electrons. The van der Waals surface area contributed by atoms with Crippen LogP contribution in [0.4, 0.5) is 5.69 Å². The first-order valence-corrected chi connectivity index (χ1v) is 7.08. The predicted octanol–water partition coefficient (Wildman–Crippen LogP) is 3.41. The fourth-order valence-electron chi connectivity index (χ4n) is 2.08. The maximum absolute atomic E-state index is 12.1. The topological polar surface area (TPSA) is 41.1 Å². The highest BCUT2D eigenvalue weighted by molar-refractivity contribution is 5.84. The van der Waals surface area contributed by atoms with Gasteiger partial charge in [0.25, 0.3) is 0 Å². The standard InChI is InChI=1S/C16H26N2O/c1-6-8-12(3)17-16(19)14(5)18-15-10-7-9-11(2)13(15)4/h7,9-10,12,14,18H,6,8H2,1-5H3,(H,17,19). The van der Waals surface area contributed by atoms with Crippen LogP contribution in [0, 0.1) is 13.8 Å². The summed E-state index contributed by atoms with van der Waals surface area (Å²) in [5.74, 6) is 0.0573. The molecule has 3 heteroatoms. The van der Waals surface area contributed by atoms with E-state index in [1.807, 2.05) is 26.0 Å². The van der Waals surface area contributed by atoms with Gasteiger partial charge >= 0.3 is 0 Å². The van der Waals surface area contributed by atoms with Gasteiger partial charge in [-0.2, -0.15) is 0 Å². The Kier molecular flexibility index (Phi) is 5.87. The minimum atomic E-state index is -0.222. The molecule has 0 saturated carbocycles. The van der Waals surface area contributed by atoms with Crippen LogP contribution >= 0.6 is 0 Å². The monoisotopic (exact) mass is 262 g/mol. The summed E-state index contributed by atoms with van der Waals surface area (Å²) in [6.07, 6.45) is 2.10. The highest BCUT2D eigenvalue weighted by Crippen LogP contribution is 2.18. The van der Waals surface area contributed by atoms with Gasteiger partial charge in [-0.25, -0.2) is 0 Å². The van der Waals surface area contributed by atoms with Crippen LogP contribution in [-0.2, 0) is 4.79 Å². The van der Waals surface area contributed by atoms with Crippen molar-refractivity contribution in [1.82, 2.24) is 5.32 Å². The van der Waals surface area contributed by atoms with Gasteiger partial charge in [0, 0.05) is 11.7 Å². The first-order valence-electron chi connectivity index (χ1n) is 7.08. The SMILES string of the molecule is CCCC(C)NC(=O)C(C)Nc1cccc(C)c1C. The summed E-state index contributed by atoms with van der Waals surface area (Å²) < 4.78 is 0. The number of carbonyl (C=O) groups excluding carboxylic acids is 1. The van der Waals surface area contributed by atoms with Crippen molar-refractivity contribution in [3.8, 4) is 0 Å². The molecule has 1 aromatic carbocycles. The third kappa shape index (κ3) is 4.58. The Bertz CT molecular complexity index is 429. The van der Waals surface area contributed by atoms with E-state index >= 15 is 0 Å². The first-order chi connectivity index (χ1) is 8.95. The first kappa shape index (κ1) is 15.5. The van der Waals surface area contributed by atoms with Gasteiger partial charge in [-0.15, -0.1) is 0 Å². The molecule has 0 fully saturated rings. The average molecular weight is 262 g/mol. The Labute approximate surface area is 116 Å². The lowest BCUT2D eigenvalue weighted by Gasteiger charge is -2.20. The maximum Gasteiger partial charge on any atom is 0.242 e. The fourth-order valence-corrected chi connectivity index (χ4v) is 2.08. The highest BCUT2D eigenvalue weighted by Gasteiger charge is 2.15. The van der Waals surface area contributed by atoms with Crippen LogP contribution in [0.25, 0.3) is 0 Å². The second-order valence-corrected chi connectivity index (χ2v) is 5.31. The van der Waals surface area contributed by atoms with Crippen LogP contribution in [0.1, 0.15) is 44.7 Å². The Hall–Kier alpha value is -1.51. The summed E-state index contributed by atoms with van der Waals surface area (Å²) >= 11 is 0. The number of amides is 1. The van der Waals surface area contributed by atoms with Crippen molar-refractivity contribution < 1.29 is 4.79 Å². The number of hydrogen-bond donors (Lipinski definition) is 2. The summed E-state index contributed by atoms with van der Waals surface area (Å²) in [7, 11) is 0. The third-order valence-electron chi connectivity index (χ3n) is 3.48. The summed E-state index contributed by atoms with van der Waals surface area (Å²) in [5.41, 5.74) is 3.46. The molecule has 1 amide bonds. The van der Waals surface area contributed by atoms with Crippen molar-refractivity contribution in [2.45, 2.75) is 59.5 Å². The molecule has 1 aromatic rings. The molecule has 0 aliphatic carbocycles. The van der Waals surface area contributed by atoms with Gasteiger partial charge in [0.1, 0.15) is 6.04 Å². The van der Waals surface area contributed by atoms with Crippen molar-refractivity contribution in [3.05, 3.63) is 29.3 Å². The summed E-state index contributed by atoms with van der Waals surface area (Å²) in [4.78, 5) is 12.1. The Morgan fingerprint density at radius 2 is 1.95 bits per heavy atom. The van der Waals surface area contributed by atoms with Crippen molar-refractivity contribution in [3.63, 3.8) is 0 Å². The van der Waals surface area contributed by atoms with Gasteiger partial charge in [0.2, 0.25) is 5.91 Å². The Balaban J connectivity index is 2.61. The number of anilines is 1. The zero-order chi connectivity index (χ0) is 14.4. The second-order valence-electron chi connectivity index (χ2n) is 5.31. The zero-order valence-corrected chi connectivity index (χ0v) is 12.7. The average Bonchev–Trinajstić information content (AvgIpc) is 2.35.